The predicted octanol–water partition coefficient (Wildman–Crippen LogP) is 5.75. The molecule has 0 amide bonds. The van der Waals surface area contributed by atoms with E-state index in [1.807, 2.05) is 0 Å². The van der Waals surface area contributed by atoms with Gasteiger partial charge in [0.25, 0.3) is 0 Å². The molecule has 1 heterocycles. The molecule has 140 valence electrons. The fourth-order valence-corrected chi connectivity index (χ4v) is 7.22. The summed E-state index contributed by atoms with van der Waals surface area (Å²) in [7, 11) is 0. The van der Waals surface area contributed by atoms with Gasteiger partial charge in [-0.1, -0.05) is 35.9 Å². The van der Waals surface area contributed by atoms with Crippen molar-refractivity contribution < 1.29 is 0 Å². The molecule has 27 heavy (non-hydrogen) atoms. The Bertz CT molecular complexity index is 821. The maximum absolute atomic E-state index is 2.85. The lowest BCUT2D eigenvalue weighted by molar-refractivity contribution is -0.00486. The SMILES string of the molecule is Cc1ccc2c(c1)CN(c1ccccc1)CN2C12CC3CC(CC(C3)C1)C2. The molecule has 4 bridgehead atoms. The number of benzene rings is 2. The lowest BCUT2D eigenvalue weighted by atomic mass is 9.52. The Kier molecular flexibility index (Phi) is 3.43. The minimum atomic E-state index is 0.409. The summed E-state index contributed by atoms with van der Waals surface area (Å²) >= 11 is 0. The molecule has 2 nitrogen and oxygen atoms in total. The van der Waals surface area contributed by atoms with E-state index in [1.54, 1.807) is 0 Å². The largest absolute Gasteiger partial charge is 0.349 e. The Morgan fingerprint density at radius 3 is 2.19 bits per heavy atom. The number of nitrogens with zero attached hydrogens (tertiary/aromatic N) is 2. The van der Waals surface area contributed by atoms with Crippen LogP contribution in [0.15, 0.2) is 48.5 Å². The highest BCUT2D eigenvalue weighted by Gasteiger charge is 2.54. The van der Waals surface area contributed by atoms with Crippen LogP contribution in [0, 0.1) is 24.7 Å². The van der Waals surface area contributed by atoms with Gasteiger partial charge in [0.15, 0.2) is 0 Å². The second kappa shape index (κ2) is 5.77. The van der Waals surface area contributed by atoms with Crippen LogP contribution in [0.3, 0.4) is 0 Å². The van der Waals surface area contributed by atoms with Crippen LogP contribution >= 0.6 is 0 Å². The minimum Gasteiger partial charge on any atom is -0.349 e. The third-order valence-corrected chi connectivity index (χ3v) is 7.90. The Hall–Kier alpha value is -1.96. The number of aryl methyl sites for hydroxylation is 1. The third kappa shape index (κ3) is 2.52. The summed E-state index contributed by atoms with van der Waals surface area (Å²) in [5, 5.41) is 0. The lowest BCUT2D eigenvalue weighted by Gasteiger charge is -2.62. The molecule has 0 saturated heterocycles. The van der Waals surface area contributed by atoms with E-state index in [-0.39, 0.29) is 0 Å². The second-order valence-corrected chi connectivity index (χ2v) is 9.88. The molecule has 4 aliphatic carbocycles. The maximum Gasteiger partial charge on any atom is 0.0911 e. The van der Waals surface area contributed by atoms with E-state index >= 15 is 0 Å². The number of para-hydroxylation sites is 1. The van der Waals surface area contributed by atoms with Crippen molar-refractivity contribution in [3.05, 3.63) is 59.7 Å². The van der Waals surface area contributed by atoms with Crippen molar-refractivity contribution in [2.75, 3.05) is 16.5 Å². The second-order valence-electron chi connectivity index (χ2n) is 9.88. The summed E-state index contributed by atoms with van der Waals surface area (Å²) < 4.78 is 0. The molecular weight excluding hydrogens is 328 g/mol. The van der Waals surface area contributed by atoms with Crippen LogP contribution in [-0.4, -0.2) is 12.2 Å². The molecule has 0 radical (unpaired) electrons. The van der Waals surface area contributed by atoms with Gasteiger partial charge >= 0.3 is 0 Å². The highest BCUT2D eigenvalue weighted by molar-refractivity contribution is 5.64. The molecule has 2 aromatic rings. The highest BCUT2D eigenvalue weighted by Crippen LogP contribution is 2.59. The quantitative estimate of drug-likeness (QED) is 0.674. The molecule has 2 heteroatoms. The summed E-state index contributed by atoms with van der Waals surface area (Å²) in [6.45, 7) is 4.31. The van der Waals surface area contributed by atoms with Crippen LogP contribution in [0.25, 0.3) is 0 Å². The van der Waals surface area contributed by atoms with E-state index in [1.165, 1.54) is 61.0 Å². The monoisotopic (exact) mass is 358 g/mol. The molecule has 2 aromatic carbocycles. The van der Waals surface area contributed by atoms with Crippen LogP contribution in [0.5, 0.6) is 0 Å². The van der Waals surface area contributed by atoms with Crippen molar-refractivity contribution in [1.82, 2.24) is 0 Å². The van der Waals surface area contributed by atoms with Crippen molar-refractivity contribution in [1.29, 1.82) is 0 Å². The van der Waals surface area contributed by atoms with Gasteiger partial charge in [-0.15, -0.1) is 0 Å². The zero-order chi connectivity index (χ0) is 18.0. The van der Waals surface area contributed by atoms with Gasteiger partial charge in [0.2, 0.25) is 0 Å². The van der Waals surface area contributed by atoms with Crippen LogP contribution in [0.1, 0.15) is 49.7 Å². The first-order valence-electron chi connectivity index (χ1n) is 10.9. The van der Waals surface area contributed by atoms with Crippen LogP contribution < -0.4 is 9.80 Å². The Balaban J connectivity index is 1.44. The van der Waals surface area contributed by atoms with Gasteiger partial charge in [-0.2, -0.15) is 0 Å². The van der Waals surface area contributed by atoms with Gasteiger partial charge in [-0.3, -0.25) is 0 Å². The van der Waals surface area contributed by atoms with Crippen molar-refractivity contribution in [2.24, 2.45) is 17.8 Å². The van der Waals surface area contributed by atoms with Gasteiger partial charge < -0.3 is 9.80 Å². The molecule has 4 fully saturated rings. The third-order valence-electron chi connectivity index (χ3n) is 7.90. The molecule has 1 aliphatic heterocycles. The smallest absolute Gasteiger partial charge is 0.0911 e. The van der Waals surface area contributed by atoms with Gasteiger partial charge in [0, 0.05) is 23.5 Å². The molecule has 0 spiro atoms. The highest BCUT2D eigenvalue weighted by atomic mass is 15.4. The molecular formula is C25H30N2. The van der Waals surface area contributed by atoms with E-state index < -0.39 is 0 Å². The van der Waals surface area contributed by atoms with Gasteiger partial charge in [0.1, 0.15) is 0 Å². The normalized spacial score (nSPS) is 34.0. The van der Waals surface area contributed by atoms with Gasteiger partial charge in [0.05, 0.1) is 6.67 Å². The molecule has 0 unspecified atom stereocenters. The molecule has 0 aromatic heterocycles. The average Bonchev–Trinajstić information content (AvgIpc) is 2.66. The van der Waals surface area contributed by atoms with Crippen molar-refractivity contribution in [3.63, 3.8) is 0 Å². The molecule has 7 rings (SSSR count). The van der Waals surface area contributed by atoms with E-state index in [0.29, 0.717) is 5.54 Å². The zero-order valence-electron chi connectivity index (χ0n) is 16.4. The van der Waals surface area contributed by atoms with E-state index in [4.69, 9.17) is 0 Å². The van der Waals surface area contributed by atoms with Crippen LogP contribution in [-0.2, 0) is 6.54 Å². The minimum absolute atomic E-state index is 0.409. The fraction of sp³-hybridized carbons (Fsp3) is 0.520. The number of hydrogen-bond donors (Lipinski definition) is 0. The van der Waals surface area contributed by atoms with Crippen LogP contribution in [0.4, 0.5) is 11.4 Å². The summed E-state index contributed by atoms with van der Waals surface area (Å²) in [6, 6.07) is 18.2. The summed E-state index contributed by atoms with van der Waals surface area (Å²) in [4.78, 5) is 5.45. The summed E-state index contributed by atoms with van der Waals surface area (Å²) in [5.41, 5.74) is 6.19. The molecule has 5 aliphatic rings. The number of anilines is 2. The first-order valence-corrected chi connectivity index (χ1v) is 10.9. The van der Waals surface area contributed by atoms with E-state index in [2.05, 4.69) is 65.3 Å². The van der Waals surface area contributed by atoms with Gasteiger partial charge in [-0.05, 0) is 87.0 Å². The topological polar surface area (TPSA) is 6.48 Å². The lowest BCUT2D eigenvalue weighted by Crippen LogP contribution is -2.63. The summed E-state index contributed by atoms with van der Waals surface area (Å²) in [6.07, 6.45) is 8.81. The number of rotatable bonds is 2. The predicted molar refractivity (Wildman–Crippen MR) is 112 cm³/mol. The van der Waals surface area contributed by atoms with E-state index in [0.717, 1.165) is 31.0 Å². The molecule has 4 saturated carbocycles. The fourth-order valence-electron chi connectivity index (χ4n) is 7.22. The summed E-state index contributed by atoms with van der Waals surface area (Å²) in [5.74, 6) is 2.95. The standard InChI is InChI=1S/C25H30N2/c1-18-7-8-24-22(9-18)16-26(23-5-3-2-4-6-23)17-27(24)25-13-19-10-20(14-25)12-21(11-19)15-25/h2-9,19-21H,10-17H2,1H3. The maximum atomic E-state index is 2.85. The Labute approximate surface area is 163 Å². The first kappa shape index (κ1) is 16.0. The van der Waals surface area contributed by atoms with Gasteiger partial charge in [-0.25, -0.2) is 0 Å². The first-order chi connectivity index (χ1) is 13.2. The average molecular weight is 359 g/mol. The van der Waals surface area contributed by atoms with E-state index in [9.17, 15) is 0 Å². The zero-order valence-corrected chi connectivity index (χ0v) is 16.4. The van der Waals surface area contributed by atoms with Crippen molar-refractivity contribution >= 4 is 11.4 Å². The van der Waals surface area contributed by atoms with Crippen LogP contribution in [0.2, 0.25) is 0 Å². The Morgan fingerprint density at radius 2 is 1.52 bits per heavy atom. The van der Waals surface area contributed by atoms with Crippen molar-refractivity contribution in [3.8, 4) is 0 Å². The number of fused-ring (bicyclic) bond motifs is 1. The van der Waals surface area contributed by atoms with Crippen molar-refractivity contribution in [2.45, 2.75) is 57.5 Å². The molecule has 0 atom stereocenters. The Morgan fingerprint density at radius 1 is 0.852 bits per heavy atom. The molecule has 0 N–H and O–H groups in total. The number of hydrogen-bond acceptors (Lipinski definition) is 2.